The molecule has 0 N–H and O–H groups in total. The van der Waals surface area contributed by atoms with Gasteiger partial charge in [0, 0.05) is 13.0 Å². The lowest BCUT2D eigenvalue weighted by Crippen LogP contribution is -2.29. The zero-order valence-corrected chi connectivity index (χ0v) is 20.2. The number of ether oxygens (including phenoxy) is 1. The molecule has 3 heteroatoms. The number of hydrogen-bond acceptors (Lipinski definition) is 3. The van der Waals surface area contributed by atoms with Crippen LogP contribution in [0.1, 0.15) is 56.1 Å². The quantitative estimate of drug-likeness (QED) is 0.340. The Kier molecular flexibility index (Phi) is 8.15. The SMILES string of the molecule is N#CC1(CCCCCCOC2(C#N)C=CC(c3ccccc3)=CC2)C=CC(c2ccccc2)=CC1. The Labute approximate surface area is 209 Å². The molecule has 2 aromatic rings. The lowest BCUT2D eigenvalue weighted by atomic mass is 9.76. The summed E-state index contributed by atoms with van der Waals surface area (Å²) in [5.41, 5.74) is 3.43. The molecule has 0 bridgehead atoms. The number of nitrogens with zero attached hydrogens (tertiary/aromatic N) is 2. The minimum Gasteiger partial charge on any atom is -0.356 e. The standard InChI is InChI=1S/C32H32N2O/c33-25-31(20-15-29(16-21-31)27-11-5-3-6-12-27)19-9-1-2-10-24-35-32(26-34)22-17-30(18-23-32)28-13-7-4-8-14-28/h3-8,11-18,20,22H,1-2,9-10,19,21,23-24H2. The lowest BCUT2D eigenvalue weighted by molar-refractivity contribution is 0.0323. The van der Waals surface area contributed by atoms with Gasteiger partial charge in [-0.25, -0.2) is 0 Å². The molecule has 4 rings (SSSR count). The molecule has 2 aliphatic carbocycles. The molecule has 35 heavy (non-hydrogen) atoms. The van der Waals surface area contributed by atoms with Gasteiger partial charge in [0.1, 0.15) is 6.07 Å². The van der Waals surface area contributed by atoms with Gasteiger partial charge in [-0.05, 0) is 47.6 Å². The molecule has 2 unspecified atom stereocenters. The maximum Gasteiger partial charge on any atom is 0.176 e. The van der Waals surface area contributed by atoms with E-state index in [0.29, 0.717) is 13.0 Å². The highest BCUT2D eigenvalue weighted by molar-refractivity contribution is 5.76. The fraction of sp³-hybridized carbons (Fsp3) is 0.312. The van der Waals surface area contributed by atoms with Crippen molar-refractivity contribution in [3.63, 3.8) is 0 Å². The zero-order chi connectivity index (χ0) is 24.4. The molecule has 3 nitrogen and oxygen atoms in total. The van der Waals surface area contributed by atoms with E-state index in [9.17, 15) is 10.5 Å². The van der Waals surface area contributed by atoms with E-state index in [2.05, 4.69) is 60.7 Å². The van der Waals surface area contributed by atoms with Crippen LogP contribution >= 0.6 is 0 Å². The second-order valence-corrected chi connectivity index (χ2v) is 9.41. The first kappa shape index (κ1) is 24.5. The largest absolute Gasteiger partial charge is 0.356 e. The Morgan fingerprint density at radius 3 is 1.80 bits per heavy atom. The Bertz CT molecular complexity index is 1100. The first-order chi connectivity index (χ1) is 17.2. The number of hydrogen-bond donors (Lipinski definition) is 0. The number of benzene rings is 2. The van der Waals surface area contributed by atoms with Crippen LogP contribution < -0.4 is 0 Å². The van der Waals surface area contributed by atoms with Crippen molar-refractivity contribution >= 4 is 11.1 Å². The summed E-state index contributed by atoms with van der Waals surface area (Å²) >= 11 is 0. The van der Waals surface area contributed by atoms with Crippen molar-refractivity contribution in [1.82, 2.24) is 0 Å². The summed E-state index contributed by atoms with van der Waals surface area (Å²) in [4.78, 5) is 0. The summed E-state index contributed by atoms with van der Waals surface area (Å²) in [7, 11) is 0. The van der Waals surface area contributed by atoms with Crippen LogP contribution in [0.5, 0.6) is 0 Å². The topological polar surface area (TPSA) is 56.8 Å². The van der Waals surface area contributed by atoms with Crippen LogP contribution in [0.25, 0.3) is 11.1 Å². The van der Waals surface area contributed by atoms with Crippen LogP contribution in [-0.2, 0) is 4.74 Å². The minimum atomic E-state index is -0.862. The van der Waals surface area contributed by atoms with Crippen molar-refractivity contribution in [3.05, 3.63) is 108 Å². The second-order valence-electron chi connectivity index (χ2n) is 9.41. The number of rotatable bonds is 10. The van der Waals surface area contributed by atoms with E-state index in [0.717, 1.165) is 49.7 Å². The fourth-order valence-corrected chi connectivity index (χ4v) is 4.69. The van der Waals surface area contributed by atoms with Crippen LogP contribution in [0.2, 0.25) is 0 Å². The Hall–Kier alpha value is -3.66. The predicted octanol–water partition coefficient (Wildman–Crippen LogP) is 7.81. The highest BCUT2D eigenvalue weighted by Crippen LogP contribution is 2.37. The molecule has 0 aliphatic heterocycles. The first-order valence-electron chi connectivity index (χ1n) is 12.5. The lowest BCUT2D eigenvalue weighted by Gasteiger charge is -2.26. The highest BCUT2D eigenvalue weighted by Gasteiger charge is 2.30. The van der Waals surface area contributed by atoms with Gasteiger partial charge < -0.3 is 4.74 Å². The monoisotopic (exact) mass is 460 g/mol. The molecule has 0 amide bonds. The summed E-state index contributed by atoms with van der Waals surface area (Å²) in [5, 5.41) is 19.6. The molecule has 0 saturated carbocycles. The molecule has 0 aromatic heterocycles. The van der Waals surface area contributed by atoms with Gasteiger partial charge in [-0.2, -0.15) is 10.5 Å². The molecule has 0 fully saturated rings. The van der Waals surface area contributed by atoms with Crippen LogP contribution in [0.4, 0.5) is 0 Å². The van der Waals surface area contributed by atoms with E-state index >= 15 is 0 Å². The van der Waals surface area contributed by atoms with Gasteiger partial charge in [-0.3, -0.25) is 0 Å². The van der Waals surface area contributed by atoms with Crippen LogP contribution in [-0.4, -0.2) is 12.2 Å². The summed E-state index contributed by atoms with van der Waals surface area (Å²) in [6.07, 6.45) is 18.6. The molecule has 2 aromatic carbocycles. The van der Waals surface area contributed by atoms with Crippen LogP contribution in [0.3, 0.4) is 0 Å². The van der Waals surface area contributed by atoms with E-state index in [1.54, 1.807) is 0 Å². The molecule has 2 aliphatic rings. The summed E-state index contributed by atoms with van der Waals surface area (Å²) in [6, 6.07) is 25.4. The number of allylic oxidation sites excluding steroid dienone is 6. The molecule has 0 heterocycles. The third-order valence-electron chi connectivity index (χ3n) is 6.93. The van der Waals surface area contributed by atoms with E-state index < -0.39 is 11.0 Å². The van der Waals surface area contributed by atoms with Gasteiger partial charge in [-0.1, -0.05) is 110 Å². The van der Waals surface area contributed by atoms with Crippen molar-refractivity contribution in [2.24, 2.45) is 5.41 Å². The Morgan fingerprint density at radius 2 is 1.29 bits per heavy atom. The third kappa shape index (κ3) is 6.27. The van der Waals surface area contributed by atoms with Gasteiger partial charge in [-0.15, -0.1) is 0 Å². The molecule has 0 spiro atoms. The molecular formula is C32H32N2O. The zero-order valence-electron chi connectivity index (χ0n) is 20.2. The average Bonchev–Trinajstić information content (AvgIpc) is 2.94. The van der Waals surface area contributed by atoms with Gasteiger partial charge in [0.2, 0.25) is 0 Å². The van der Waals surface area contributed by atoms with Crippen molar-refractivity contribution in [2.75, 3.05) is 6.61 Å². The van der Waals surface area contributed by atoms with Crippen molar-refractivity contribution < 1.29 is 4.74 Å². The minimum absolute atomic E-state index is 0.394. The van der Waals surface area contributed by atoms with Gasteiger partial charge in [0.25, 0.3) is 0 Å². The third-order valence-corrected chi connectivity index (χ3v) is 6.93. The van der Waals surface area contributed by atoms with Gasteiger partial charge in [0.15, 0.2) is 5.60 Å². The van der Waals surface area contributed by atoms with E-state index in [-0.39, 0.29) is 0 Å². The van der Waals surface area contributed by atoms with E-state index in [4.69, 9.17) is 4.74 Å². The maximum absolute atomic E-state index is 9.84. The Morgan fingerprint density at radius 1 is 0.686 bits per heavy atom. The second kappa shape index (κ2) is 11.7. The number of nitriles is 2. The summed E-state index contributed by atoms with van der Waals surface area (Å²) in [6.45, 7) is 0.568. The maximum atomic E-state index is 9.84. The highest BCUT2D eigenvalue weighted by atomic mass is 16.5. The van der Waals surface area contributed by atoms with E-state index in [1.807, 2.05) is 48.6 Å². The van der Waals surface area contributed by atoms with Crippen LogP contribution in [0.15, 0.2) is 97.1 Å². The molecule has 0 saturated heterocycles. The fourth-order valence-electron chi connectivity index (χ4n) is 4.69. The summed E-state index contributed by atoms with van der Waals surface area (Å²) in [5.74, 6) is 0. The van der Waals surface area contributed by atoms with Crippen molar-refractivity contribution in [3.8, 4) is 12.1 Å². The van der Waals surface area contributed by atoms with Crippen molar-refractivity contribution in [1.29, 1.82) is 10.5 Å². The summed E-state index contributed by atoms with van der Waals surface area (Å²) < 4.78 is 6.03. The normalized spacial score (nSPS) is 23.1. The van der Waals surface area contributed by atoms with Crippen LogP contribution in [0, 0.1) is 28.1 Å². The van der Waals surface area contributed by atoms with E-state index in [1.165, 1.54) is 11.1 Å². The van der Waals surface area contributed by atoms with Gasteiger partial charge >= 0.3 is 0 Å². The molecule has 0 radical (unpaired) electrons. The first-order valence-corrected chi connectivity index (χ1v) is 12.5. The Balaban J connectivity index is 1.16. The average molecular weight is 461 g/mol. The number of unbranched alkanes of at least 4 members (excludes halogenated alkanes) is 3. The molecular weight excluding hydrogens is 428 g/mol. The van der Waals surface area contributed by atoms with Gasteiger partial charge in [0.05, 0.1) is 11.5 Å². The smallest absolute Gasteiger partial charge is 0.176 e. The molecule has 176 valence electrons. The molecule has 2 atom stereocenters. The predicted molar refractivity (Wildman–Crippen MR) is 142 cm³/mol. The van der Waals surface area contributed by atoms with Crippen molar-refractivity contribution in [2.45, 2.75) is 50.5 Å².